The SMILES string of the molecule is C(#Cc1ccccc1)C1=CCC(C#Cc2ccccc2)(OCC2CO2)C=C1. The Kier molecular flexibility index (Phi) is 5.22. The number of hydrogen-bond acceptors (Lipinski definition) is 2. The molecule has 0 aromatic heterocycles. The number of epoxide rings is 1. The molecule has 0 saturated carbocycles. The van der Waals surface area contributed by atoms with Crippen LogP contribution in [0.3, 0.4) is 0 Å². The van der Waals surface area contributed by atoms with E-state index in [0.29, 0.717) is 13.0 Å². The van der Waals surface area contributed by atoms with Crippen molar-refractivity contribution in [2.24, 2.45) is 0 Å². The molecule has 2 aromatic rings. The van der Waals surface area contributed by atoms with Gasteiger partial charge in [0.2, 0.25) is 0 Å². The zero-order valence-electron chi connectivity index (χ0n) is 15.0. The minimum Gasteiger partial charge on any atom is -0.371 e. The van der Waals surface area contributed by atoms with Crippen LogP contribution < -0.4 is 0 Å². The molecule has 1 heterocycles. The summed E-state index contributed by atoms with van der Waals surface area (Å²) in [5, 5.41) is 0. The summed E-state index contributed by atoms with van der Waals surface area (Å²) >= 11 is 0. The van der Waals surface area contributed by atoms with Gasteiger partial charge in [-0.1, -0.05) is 66.2 Å². The van der Waals surface area contributed by atoms with Crippen LogP contribution in [0.15, 0.2) is 84.5 Å². The first-order valence-corrected chi connectivity index (χ1v) is 9.12. The second kappa shape index (κ2) is 8.11. The summed E-state index contributed by atoms with van der Waals surface area (Å²) in [4.78, 5) is 0. The Morgan fingerprint density at radius 3 is 2.19 bits per heavy atom. The average molecular weight is 352 g/mol. The molecular weight excluding hydrogens is 332 g/mol. The van der Waals surface area contributed by atoms with E-state index in [1.54, 1.807) is 0 Å². The van der Waals surface area contributed by atoms with Crippen LogP contribution in [0.1, 0.15) is 17.5 Å². The van der Waals surface area contributed by atoms with Gasteiger partial charge < -0.3 is 9.47 Å². The predicted molar refractivity (Wildman–Crippen MR) is 107 cm³/mol. The van der Waals surface area contributed by atoms with Crippen molar-refractivity contribution in [3.05, 3.63) is 95.6 Å². The van der Waals surface area contributed by atoms with Crippen molar-refractivity contribution >= 4 is 0 Å². The Bertz CT molecular complexity index is 961. The number of rotatable bonds is 3. The normalized spacial score (nSPS) is 22.7. The van der Waals surface area contributed by atoms with Crippen LogP contribution in [0.25, 0.3) is 0 Å². The number of ether oxygens (including phenoxy) is 2. The lowest BCUT2D eigenvalue weighted by molar-refractivity contribution is 0.0263. The van der Waals surface area contributed by atoms with Gasteiger partial charge in [0, 0.05) is 23.1 Å². The van der Waals surface area contributed by atoms with Gasteiger partial charge in [0.15, 0.2) is 5.60 Å². The number of benzene rings is 2. The second-order valence-corrected chi connectivity index (χ2v) is 6.58. The van der Waals surface area contributed by atoms with Gasteiger partial charge >= 0.3 is 0 Å². The molecule has 0 radical (unpaired) electrons. The highest BCUT2D eigenvalue weighted by Gasteiger charge is 2.31. The molecule has 1 fully saturated rings. The largest absolute Gasteiger partial charge is 0.371 e. The van der Waals surface area contributed by atoms with Crippen molar-refractivity contribution in [3.8, 4) is 23.7 Å². The van der Waals surface area contributed by atoms with Gasteiger partial charge in [-0.25, -0.2) is 0 Å². The summed E-state index contributed by atoms with van der Waals surface area (Å²) in [5.41, 5.74) is 2.35. The van der Waals surface area contributed by atoms with Crippen LogP contribution in [0, 0.1) is 23.7 Å². The van der Waals surface area contributed by atoms with Crippen molar-refractivity contribution < 1.29 is 9.47 Å². The highest BCUT2D eigenvalue weighted by molar-refractivity contribution is 5.49. The van der Waals surface area contributed by atoms with Crippen molar-refractivity contribution in [1.82, 2.24) is 0 Å². The molecule has 0 N–H and O–H groups in total. The van der Waals surface area contributed by atoms with E-state index >= 15 is 0 Å². The zero-order valence-corrected chi connectivity index (χ0v) is 15.0. The van der Waals surface area contributed by atoms with Gasteiger partial charge in [-0.05, 0) is 36.4 Å². The quantitative estimate of drug-likeness (QED) is 0.612. The molecule has 2 aliphatic rings. The third kappa shape index (κ3) is 4.99. The zero-order chi connectivity index (χ0) is 18.4. The van der Waals surface area contributed by atoms with Crippen molar-refractivity contribution in [2.45, 2.75) is 18.1 Å². The minimum absolute atomic E-state index is 0.206. The summed E-state index contributed by atoms with van der Waals surface area (Å²) in [6.45, 7) is 1.34. The fourth-order valence-electron chi connectivity index (χ4n) is 2.72. The van der Waals surface area contributed by atoms with Gasteiger partial charge in [0.05, 0.1) is 13.2 Å². The number of hydrogen-bond donors (Lipinski definition) is 0. The molecule has 1 saturated heterocycles. The van der Waals surface area contributed by atoms with Crippen molar-refractivity contribution in [3.63, 3.8) is 0 Å². The van der Waals surface area contributed by atoms with E-state index in [1.165, 1.54) is 0 Å². The topological polar surface area (TPSA) is 21.8 Å². The second-order valence-electron chi connectivity index (χ2n) is 6.58. The Morgan fingerprint density at radius 2 is 1.59 bits per heavy atom. The molecule has 2 atom stereocenters. The molecule has 0 amide bonds. The molecule has 2 nitrogen and oxygen atoms in total. The van der Waals surface area contributed by atoms with E-state index in [-0.39, 0.29) is 6.10 Å². The van der Waals surface area contributed by atoms with Crippen LogP contribution in [0.2, 0.25) is 0 Å². The summed E-state index contributed by atoms with van der Waals surface area (Å²) in [6.07, 6.45) is 7.02. The summed E-state index contributed by atoms with van der Waals surface area (Å²) in [7, 11) is 0. The fourth-order valence-corrected chi connectivity index (χ4v) is 2.72. The maximum Gasteiger partial charge on any atom is 0.151 e. The molecule has 132 valence electrons. The highest BCUT2D eigenvalue weighted by atomic mass is 16.6. The third-order valence-electron chi connectivity index (χ3n) is 4.40. The molecule has 2 aromatic carbocycles. The van der Waals surface area contributed by atoms with Gasteiger partial charge in [-0.3, -0.25) is 0 Å². The summed E-state index contributed by atoms with van der Waals surface area (Å²) < 4.78 is 11.4. The lowest BCUT2D eigenvalue weighted by atomic mass is 9.92. The molecular formula is C25H20O2. The monoisotopic (exact) mass is 352 g/mol. The van der Waals surface area contributed by atoms with Crippen molar-refractivity contribution in [2.75, 3.05) is 13.2 Å². The number of allylic oxidation sites excluding steroid dienone is 2. The fraction of sp³-hybridized carbons (Fsp3) is 0.200. The molecule has 2 heteroatoms. The van der Waals surface area contributed by atoms with E-state index in [2.05, 4.69) is 29.8 Å². The maximum absolute atomic E-state index is 6.15. The average Bonchev–Trinajstić information content (AvgIpc) is 3.57. The van der Waals surface area contributed by atoms with Gasteiger partial charge in [0.1, 0.15) is 6.10 Å². The molecule has 0 spiro atoms. The lowest BCUT2D eigenvalue weighted by Gasteiger charge is -2.26. The first kappa shape index (κ1) is 17.4. The highest BCUT2D eigenvalue weighted by Crippen LogP contribution is 2.26. The van der Waals surface area contributed by atoms with Crippen LogP contribution >= 0.6 is 0 Å². The van der Waals surface area contributed by atoms with E-state index < -0.39 is 5.60 Å². The van der Waals surface area contributed by atoms with Crippen LogP contribution in [0.5, 0.6) is 0 Å². The minimum atomic E-state index is -0.625. The lowest BCUT2D eigenvalue weighted by Crippen LogP contribution is -2.31. The van der Waals surface area contributed by atoms with Crippen molar-refractivity contribution in [1.29, 1.82) is 0 Å². The summed E-state index contributed by atoms with van der Waals surface area (Å²) in [5.74, 6) is 13.0. The third-order valence-corrected chi connectivity index (χ3v) is 4.40. The Hall–Kier alpha value is -3.04. The van der Waals surface area contributed by atoms with E-state index in [4.69, 9.17) is 9.47 Å². The van der Waals surface area contributed by atoms with Crippen LogP contribution in [-0.4, -0.2) is 24.9 Å². The van der Waals surface area contributed by atoms with Crippen LogP contribution in [-0.2, 0) is 9.47 Å². The molecule has 27 heavy (non-hydrogen) atoms. The first-order valence-electron chi connectivity index (χ1n) is 9.12. The molecule has 0 bridgehead atoms. The Morgan fingerprint density at radius 1 is 0.926 bits per heavy atom. The van der Waals surface area contributed by atoms with E-state index in [0.717, 1.165) is 23.3 Å². The maximum atomic E-state index is 6.15. The molecule has 4 rings (SSSR count). The predicted octanol–water partition coefficient (Wildman–Crippen LogP) is 4.13. The van der Waals surface area contributed by atoms with E-state index in [9.17, 15) is 0 Å². The van der Waals surface area contributed by atoms with Gasteiger partial charge in [-0.2, -0.15) is 0 Å². The Labute approximate surface area is 160 Å². The van der Waals surface area contributed by atoms with Gasteiger partial charge in [0.25, 0.3) is 0 Å². The van der Waals surface area contributed by atoms with Gasteiger partial charge in [-0.15, -0.1) is 0 Å². The molecule has 1 aliphatic heterocycles. The van der Waals surface area contributed by atoms with Crippen LogP contribution in [0.4, 0.5) is 0 Å². The van der Waals surface area contributed by atoms with E-state index in [1.807, 2.05) is 72.8 Å². The molecule has 2 unspecified atom stereocenters. The smallest absolute Gasteiger partial charge is 0.151 e. The standard InChI is InChI=1S/C25H20O2/c1-3-7-21(8-4-1)11-12-23-14-17-25(18-15-23,27-20-24-19-26-24)16-13-22-9-5-2-6-10-22/h1-10,14-15,17,24H,18-20H2. The first-order chi connectivity index (χ1) is 13.3. The Balaban J connectivity index is 1.51. The summed E-state index contributed by atoms with van der Waals surface area (Å²) in [6, 6.07) is 20.0. The molecule has 1 aliphatic carbocycles.